The molecule has 1 aliphatic heterocycles. The Hall–Kier alpha value is 0.170. The van der Waals surface area contributed by atoms with Crippen molar-refractivity contribution < 1.29 is 38.7 Å². The molecule has 1 fully saturated rings. The second-order valence-corrected chi connectivity index (χ2v) is 6.65. The number of hydrogen-bond donors (Lipinski definition) is 2. The Kier molecular flexibility index (Phi) is 5.71. The molecular formula is C14H26INO2. The van der Waals surface area contributed by atoms with Gasteiger partial charge < -0.3 is 38.7 Å². The van der Waals surface area contributed by atoms with E-state index in [1.807, 2.05) is 6.92 Å². The lowest BCUT2D eigenvalue weighted by Gasteiger charge is -2.48. The maximum absolute atomic E-state index is 10.6. The standard InChI is InChI=1S/C14H26NO2.HI/c1-11-10-15(5,6)12(2)9-14(11,17)8-7-13(3,4)16;/h11-12,16-17H,9-10H2,1-6H3;1H/q+1;/p-1. The Morgan fingerprint density at radius 3 is 2.22 bits per heavy atom. The van der Waals surface area contributed by atoms with Gasteiger partial charge in [-0.05, 0) is 20.8 Å². The first-order valence-electron chi connectivity index (χ1n) is 6.28. The van der Waals surface area contributed by atoms with E-state index in [1.54, 1.807) is 13.8 Å². The van der Waals surface area contributed by atoms with Gasteiger partial charge in [0.25, 0.3) is 0 Å². The molecule has 0 spiro atoms. The fourth-order valence-corrected chi connectivity index (χ4v) is 2.37. The SMILES string of the molecule is CC1C[N+](C)(C)C(C)CC1(O)C#CC(C)(C)O.[I-]. The molecule has 0 bridgehead atoms. The average molecular weight is 367 g/mol. The number of nitrogens with zero attached hydrogens (tertiary/aromatic N) is 1. The average Bonchev–Trinajstić information content (AvgIpc) is 2.11. The number of hydrogen-bond acceptors (Lipinski definition) is 2. The summed E-state index contributed by atoms with van der Waals surface area (Å²) in [6, 6.07) is 0.368. The highest BCUT2D eigenvalue weighted by Crippen LogP contribution is 2.33. The quantitative estimate of drug-likeness (QED) is 0.296. The molecule has 18 heavy (non-hydrogen) atoms. The molecule has 1 rings (SSSR count). The second kappa shape index (κ2) is 5.66. The van der Waals surface area contributed by atoms with Crippen LogP contribution in [-0.2, 0) is 0 Å². The summed E-state index contributed by atoms with van der Waals surface area (Å²) in [7, 11) is 4.37. The fourth-order valence-electron chi connectivity index (χ4n) is 2.37. The van der Waals surface area contributed by atoms with Crippen molar-refractivity contribution in [1.82, 2.24) is 0 Å². The molecule has 3 unspecified atom stereocenters. The normalized spacial score (nSPS) is 35.1. The highest BCUT2D eigenvalue weighted by molar-refractivity contribution is 5.21. The molecule has 0 aliphatic carbocycles. The van der Waals surface area contributed by atoms with Gasteiger partial charge >= 0.3 is 0 Å². The van der Waals surface area contributed by atoms with Crippen LogP contribution in [0.2, 0.25) is 0 Å². The van der Waals surface area contributed by atoms with E-state index in [0.29, 0.717) is 12.5 Å². The van der Waals surface area contributed by atoms with E-state index >= 15 is 0 Å². The van der Waals surface area contributed by atoms with E-state index in [1.165, 1.54) is 0 Å². The molecular weight excluding hydrogens is 341 g/mol. The van der Waals surface area contributed by atoms with Crippen molar-refractivity contribution in [1.29, 1.82) is 0 Å². The van der Waals surface area contributed by atoms with Gasteiger partial charge in [0.1, 0.15) is 11.2 Å². The Morgan fingerprint density at radius 1 is 1.28 bits per heavy atom. The Bertz CT molecular complexity index is 351. The van der Waals surface area contributed by atoms with Crippen LogP contribution in [0.1, 0.15) is 34.1 Å². The van der Waals surface area contributed by atoms with Crippen LogP contribution in [0.4, 0.5) is 0 Å². The van der Waals surface area contributed by atoms with Gasteiger partial charge in [-0.3, -0.25) is 0 Å². The molecule has 0 amide bonds. The molecule has 2 N–H and O–H groups in total. The smallest absolute Gasteiger partial charge is 0.139 e. The number of quaternary nitrogens is 1. The van der Waals surface area contributed by atoms with E-state index in [4.69, 9.17) is 0 Å². The molecule has 0 saturated carbocycles. The lowest BCUT2D eigenvalue weighted by molar-refractivity contribution is -0.923. The molecule has 0 aromatic heterocycles. The van der Waals surface area contributed by atoms with Gasteiger partial charge in [0.2, 0.25) is 0 Å². The largest absolute Gasteiger partial charge is 1.00 e. The fraction of sp³-hybridized carbons (Fsp3) is 0.857. The molecule has 3 atom stereocenters. The van der Waals surface area contributed by atoms with Crippen molar-refractivity contribution in [2.75, 3.05) is 20.6 Å². The van der Waals surface area contributed by atoms with E-state index < -0.39 is 11.2 Å². The van der Waals surface area contributed by atoms with Crippen molar-refractivity contribution in [3.8, 4) is 11.8 Å². The van der Waals surface area contributed by atoms with Gasteiger partial charge in [0.05, 0.1) is 26.7 Å². The molecule has 1 aliphatic rings. The molecule has 1 saturated heterocycles. The van der Waals surface area contributed by atoms with Gasteiger partial charge in [-0.15, -0.1) is 0 Å². The zero-order chi connectivity index (χ0) is 13.5. The summed E-state index contributed by atoms with van der Waals surface area (Å²) in [4.78, 5) is 0. The van der Waals surface area contributed by atoms with Gasteiger partial charge in [-0.1, -0.05) is 18.8 Å². The zero-order valence-corrected chi connectivity index (χ0v) is 14.4. The Labute approximate surface area is 128 Å². The molecule has 1 heterocycles. The van der Waals surface area contributed by atoms with Gasteiger partial charge in [0, 0.05) is 12.3 Å². The zero-order valence-electron chi connectivity index (χ0n) is 12.3. The minimum Gasteiger partial charge on any atom is -1.00 e. The lowest BCUT2D eigenvalue weighted by Crippen LogP contribution is -3.00. The number of aliphatic hydroxyl groups is 2. The summed E-state index contributed by atoms with van der Waals surface area (Å²) in [5.41, 5.74) is -2.01. The second-order valence-electron chi connectivity index (χ2n) is 6.65. The van der Waals surface area contributed by atoms with Crippen molar-refractivity contribution >= 4 is 0 Å². The van der Waals surface area contributed by atoms with Gasteiger partial charge in [-0.25, -0.2) is 0 Å². The van der Waals surface area contributed by atoms with Gasteiger partial charge in [0.15, 0.2) is 0 Å². The van der Waals surface area contributed by atoms with E-state index in [2.05, 4.69) is 32.9 Å². The third-order valence-electron chi connectivity index (χ3n) is 3.94. The summed E-state index contributed by atoms with van der Waals surface area (Å²) in [5.74, 6) is 5.77. The van der Waals surface area contributed by atoms with Crippen LogP contribution in [0.25, 0.3) is 0 Å². The minimum atomic E-state index is -1.04. The minimum absolute atomic E-state index is 0. The molecule has 0 radical (unpaired) electrons. The first-order chi connectivity index (χ1) is 7.46. The monoisotopic (exact) mass is 367 g/mol. The molecule has 4 heteroatoms. The predicted molar refractivity (Wildman–Crippen MR) is 69.2 cm³/mol. The summed E-state index contributed by atoms with van der Waals surface area (Å²) in [5, 5.41) is 20.2. The number of rotatable bonds is 0. The maximum atomic E-state index is 10.6. The third kappa shape index (κ3) is 4.37. The summed E-state index contributed by atoms with van der Waals surface area (Å²) in [6.07, 6.45) is 0.657. The highest BCUT2D eigenvalue weighted by Gasteiger charge is 2.46. The van der Waals surface area contributed by atoms with E-state index in [0.717, 1.165) is 11.0 Å². The van der Waals surface area contributed by atoms with Crippen molar-refractivity contribution in [2.45, 2.75) is 51.4 Å². The topological polar surface area (TPSA) is 40.5 Å². The van der Waals surface area contributed by atoms with Crippen LogP contribution in [-0.4, -0.2) is 52.6 Å². The summed E-state index contributed by atoms with van der Waals surface area (Å²) < 4.78 is 0.910. The number of halogens is 1. The van der Waals surface area contributed by atoms with Crippen molar-refractivity contribution in [3.63, 3.8) is 0 Å². The van der Waals surface area contributed by atoms with Crippen LogP contribution < -0.4 is 24.0 Å². The third-order valence-corrected chi connectivity index (χ3v) is 3.94. The number of piperidine rings is 1. The lowest BCUT2D eigenvalue weighted by atomic mass is 9.78. The molecule has 0 aromatic rings. The van der Waals surface area contributed by atoms with E-state index in [-0.39, 0.29) is 29.9 Å². The predicted octanol–water partition coefficient (Wildman–Crippen LogP) is -2.00. The highest BCUT2D eigenvalue weighted by atomic mass is 127. The van der Waals surface area contributed by atoms with Crippen molar-refractivity contribution in [2.24, 2.45) is 5.92 Å². The van der Waals surface area contributed by atoms with Crippen LogP contribution in [0, 0.1) is 17.8 Å². The summed E-state index contributed by atoms with van der Waals surface area (Å²) >= 11 is 0. The first kappa shape index (κ1) is 18.2. The summed E-state index contributed by atoms with van der Waals surface area (Å²) in [6.45, 7) is 8.35. The van der Waals surface area contributed by atoms with E-state index in [9.17, 15) is 10.2 Å². The first-order valence-corrected chi connectivity index (χ1v) is 6.28. The Morgan fingerprint density at radius 2 is 1.78 bits per heavy atom. The van der Waals surface area contributed by atoms with Gasteiger partial charge in [-0.2, -0.15) is 0 Å². The molecule has 106 valence electrons. The van der Waals surface area contributed by atoms with Crippen LogP contribution in [0.3, 0.4) is 0 Å². The van der Waals surface area contributed by atoms with Crippen molar-refractivity contribution in [3.05, 3.63) is 0 Å². The van der Waals surface area contributed by atoms with Crippen LogP contribution >= 0.6 is 0 Å². The molecule has 0 aromatic carbocycles. The van der Waals surface area contributed by atoms with Crippen LogP contribution in [0.5, 0.6) is 0 Å². The van der Waals surface area contributed by atoms with Crippen LogP contribution in [0.15, 0.2) is 0 Å². The maximum Gasteiger partial charge on any atom is 0.139 e. The Balaban J connectivity index is 0.00000289. The molecule has 3 nitrogen and oxygen atoms in total. The number of likely N-dealkylation sites (tertiary alicyclic amines) is 1.